The molecule has 1 aromatic rings. The van der Waals surface area contributed by atoms with Crippen LogP contribution in [0.5, 0.6) is 11.5 Å². The Hall–Kier alpha value is -2.19. The standard InChI is InChI=1S/C24H37NO7/c1-6-7-17-9-11-30-14-18(24(28)32-16(4)23(17)31-13-15(2)3)12-19(26)21-22(27)20(29-5)8-10-25-21/h8,10,15-18,23,27H,6-7,9,11-14H2,1-5H3/t16-,17-,18-,23-/m0/s1. The van der Waals surface area contributed by atoms with Gasteiger partial charge in [0.2, 0.25) is 0 Å². The summed E-state index contributed by atoms with van der Waals surface area (Å²) < 4.78 is 22.8. The number of esters is 1. The minimum atomic E-state index is -0.800. The van der Waals surface area contributed by atoms with Gasteiger partial charge in [-0.3, -0.25) is 9.59 Å². The maximum Gasteiger partial charge on any atom is 0.312 e. The number of carbonyl (C=O) groups is 2. The van der Waals surface area contributed by atoms with Crippen LogP contribution in [-0.2, 0) is 19.0 Å². The van der Waals surface area contributed by atoms with Crippen molar-refractivity contribution in [3.8, 4) is 11.5 Å². The van der Waals surface area contributed by atoms with E-state index in [1.165, 1.54) is 19.4 Å². The van der Waals surface area contributed by atoms with E-state index in [2.05, 4.69) is 25.8 Å². The molecule has 1 N–H and O–H groups in total. The molecule has 0 amide bonds. The fourth-order valence-corrected chi connectivity index (χ4v) is 3.94. The number of nitrogens with zero attached hydrogens (tertiary/aromatic N) is 1. The first-order chi connectivity index (χ1) is 15.3. The highest BCUT2D eigenvalue weighted by Crippen LogP contribution is 2.30. The zero-order chi connectivity index (χ0) is 23.7. The van der Waals surface area contributed by atoms with E-state index >= 15 is 0 Å². The molecule has 0 unspecified atom stereocenters. The Bertz CT molecular complexity index is 752. The number of pyridine rings is 1. The molecule has 8 nitrogen and oxygen atoms in total. The van der Waals surface area contributed by atoms with E-state index in [-0.39, 0.29) is 42.2 Å². The Morgan fingerprint density at radius 2 is 2.12 bits per heavy atom. The van der Waals surface area contributed by atoms with E-state index in [1.807, 2.05) is 6.92 Å². The van der Waals surface area contributed by atoms with Gasteiger partial charge in [0.15, 0.2) is 23.0 Å². The van der Waals surface area contributed by atoms with Gasteiger partial charge >= 0.3 is 5.97 Å². The van der Waals surface area contributed by atoms with Gasteiger partial charge in [-0.1, -0.05) is 27.2 Å². The zero-order valence-electron chi connectivity index (χ0n) is 19.8. The lowest BCUT2D eigenvalue weighted by Crippen LogP contribution is -2.41. The third kappa shape index (κ3) is 7.17. The highest BCUT2D eigenvalue weighted by Gasteiger charge is 2.34. The summed E-state index contributed by atoms with van der Waals surface area (Å²) >= 11 is 0. The molecule has 32 heavy (non-hydrogen) atoms. The van der Waals surface area contributed by atoms with Gasteiger partial charge in [-0.05, 0) is 31.6 Å². The van der Waals surface area contributed by atoms with Crippen molar-refractivity contribution in [3.63, 3.8) is 0 Å². The lowest BCUT2D eigenvalue weighted by Gasteiger charge is -2.34. The van der Waals surface area contributed by atoms with Gasteiger partial charge in [0, 0.05) is 31.9 Å². The number of cyclic esters (lactones) is 1. The van der Waals surface area contributed by atoms with Crippen molar-refractivity contribution >= 4 is 11.8 Å². The van der Waals surface area contributed by atoms with Crippen LogP contribution in [0.2, 0.25) is 0 Å². The molecule has 180 valence electrons. The lowest BCUT2D eigenvalue weighted by atomic mass is 9.90. The van der Waals surface area contributed by atoms with Crippen molar-refractivity contribution in [2.24, 2.45) is 17.8 Å². The maximum absolute atomic E-state index is 12.9. The van der Waals surface area contributed by atoms with Gasteiger partial charge < -0.3 is 24.1 Å². The third-order valence-electron chi connectivity index (χ3n) is 5.60. The second-order valence-electron chi connectivity index (χ2n) is 8.78. The van der Waals surface area contributed by atoms with Gasteiger partial charge in [-0.25, -0.2) is 4.98 Å². The van der Waals surface area contributed by atoms with Crippen LogP contribution in [-0.4, -0.2) is 61.0 Å². The molecule has 1 fully saturated rings. The Balaban J connectivity index is 2.15. The second kappa shape index (κ2) is 12.7. The van der Waals surface area contributed by atoms with E-state index in [9.17, 15) is 14.7 Å². The summed E-state index contributed by atoms with van der Waals surface area (Å²) in [5.74, 6) is -1.40. The van der Waals surface area contributed by atoms with Gasteiger partial charge in [0.05, 0.1) is 25.7 Å². The number of aromatic hydroxyl groups is 1. The molecular weight excluding hydrogens is 414 g/mol. The SMILES string of the molecule is CCC[C@H]1CCOC[C@H](CC(=O)c2nccc(OC)c2O)C(=O)O[C@@H](C)[C@@H]1OCC(C)C. The number of rotatable bonds is 9. The first kappa shape index (κ1) is 26.1. The fourth-order valence-electron chi connectivity index (χ4n) is 3.94. The second-order valence-corrected chi connectivity index (χ2v) is 8.78. The first-order valence-electron chi connectivity index (χ1n) is 11.4. The van der Waals surface area contributed by atoms with Gasteiger partial charge in [0.25, 0.3) is 0 Å². The van der Waals surface area contributed by atoms with E-state index in [0.717, 1.165) is 19.3 Å². The number of hydrogen-bond acceptors (Lipinski definition) is 8. The smallest absolute Gasteiger partial charge is 0.312 e. The molecule has 1 saturated heterocycles. The monoisotopic (exact) mass is 451 g/mol. The number of carbonyl (C=O) groups excluding carboxylic acids is 2. The summed E-state index contributed by atoms with van der Waals surface area (Å²) in [5.41, 5.74) is -0.136. The molecule has 0 aromatic carbocycles. The van der Waals surface area contributed by atoms with Gasteiger partial charge in [0.1, 0.15) is 6.10 Å². The van der Waals surface area contributed by atoms with E-state index in [0.29, 0.717) is 19.1 Å². The molecule has 1 aromatic heterocycles. The molecule has 1 aliphatic rings. The number of ether oxygens (including phenoxy) is 4. The van der Waals surface area contributed by atoms with Crippen molar-refractivity contribution < 1.29 is 33.6 Å². The van der Waals surface area contributed by atoms with Crippen LogP contribution < -0.4 is 4.74 Å². The highest BCUT2D eigenvalue weighted by atomic mass is 16.6. The Kier molecular flexibility index (Phi) is 10.4. The van der Waals surface area contributed by atoms with Gasteiger partial charge in [-0.2, -0.15) is 0 Å². The summed E-state index contributed by atoms with van der Waals surface area (Å²) in [6.07, 6.45) is 3.26. The van der Waals surface area contributed by atoms with Crippen molar-refractivity contribution in [1.82, 2.24) is 4.98 Å². The summed E-state index contributed by atoms with van der Waals surface area (Å²) in [6.45, 7) is 9.26. The molecule has 4 atom stereocenters. The largest absolute Gasteiger partial charge is 0.503 e. The molecule has 0 radical (unpaired) electrons. The van der Waals surface area contributed by atoms with Crippen LogP contribution in [0.3, 0.4) is 0 Å². The minimum absolute atomic E-state index is 0.0678. The first-order valence-corrected chi connectivity index (χ1v) is 11.4. The molecule has 0 bridgehead atoms. The Labute approximate surface area is 190 Å². The average molecular weight is 452 g/mol. The van der Waals surface area contributed by atoms with E-state index in [1.54, 1.807) is 0 Å². The number of Topliss-reactive ketones (excluding diaryl/α,β-unsaturated/α-hetero) is 1. The van der Waals surface area contributed by atoms with Crippen LogP contribution >= 0.6 is 0 Å². The Morgan fingerprint density at radius 1 is 1.38 bits per heavy atom. The third-order valence-corrected chi connectivity index (χ3v) is 5.60. The number of ketones is 1. The topological polar surface area (TPSA) is 104 Å². The summed E-state index contributed by atoms with van der Waals surface area (Å²) in [4.78, 5) is 29.7. The van der Waals surface area contributed by atoms with Crippen molar-refractivity contribution in [2.45, 2.75) is 65.6 Å². The molecule has 2 rings (SSSR count). The van der Waals surface area contributed by atoms with Crippen LogP contribution in [0.4, 0.5) is 0 Å². The number of methoxy groups -OCH3 is 1. The predicted octanol–water partition coefficient (Wildman–Crippen LogP) is 3.79. The molecule has 0 aliphatic carbocycles. The van der Waals surface area contributed by atoms with Crippen LogP contribution in [0.1, 0.15) is 63.9 Å². The van der Waals surface area contributed by atoms with Crippen molar-refractivity contribution in [1.29, 1.82) is 0 Å². The molecule has 8 heteroatoms. The van der Waals surface area contributed by atoms with Crippen molar-refractivity contribution in [2.75, 3.05) is 26.9 Å². The van der Waals surface area contributed by atoms with Crippen LogP contribution in [0, 0.1) is 17.8 Å². The molecule has 0 spiro atoms. The summed E-state index contributed by atoms with van der Waals surface area (Å²) in [5, 5.41) is 10.2. The summed E-state index contributed by atoms with van der Waals surface area (Å²) in [7, 11) is 1.39. The molecule has 0 saturated carbocycles. The highest BCUT2D eigenvalue weighted by molar-refractivity contribution is 5.99. The van der Waals surface area contributed by atoms with Crippen molar-refractivity contribution in [3.05, 3.63) is 18.0 Å². The van der Waals surface area contributed by atoms with Gasteiger partial charge in [-0.15, -0.1) is 0 Å². The van der Waals surface area contributed by atoms with Crippen LogP contribution in [0.25, 0.3) is 0 Å². The minimum Gasteiger partial charge on any atom is -0.503 e. The zero-order valence-corrected chi connectivity index (χ0v) is 19.8. The fraction of sp³-hybridized carbons (Fsp3) is 0.708. The molecule has 2 heterocycles. The lowest BCUT2D eigenvalue weighted by molar-refractivity contribution is -0.170. The van der Waals surface area contributed by atoms with E-state index in [4.69, 9.17) is 18.9 Å². The predicted molar refractivity (Wildman–Crippen MR) is 119 cm³/mol. The van der Waals surface area contributed by atoms with Crippen LogP contribution in [0.15, 0.2) is 12.3 Å². The summed E-state index contributed by atoms with van der Waals surface area (Å²) in [6, 6.07) is 1.46. The average Bonchev–Trinajstić information content (AvgIpc) is 2.74. The molecule has 1 aliphatic heterocycles. The number of hydrogen-bond donors (Lipinski definition) is 1. The maximum atomic E-state index is 12.9. The quantitative estimate of drug-likeness (QED) is 0.447. The van der Waals surface area contributed by atoms with E-state index < -0.39 is 23.8 Å². The Morgan fingerprint density at radius 3 is 2.78 bits per heavy atom. The normalized spacial score (nSPS) is 24.8. The number of aromatic nitrogens is 1. The molecular formula is C24H37NO7.